The standard InChI is InChI=1S/C21H23N3O5S/c1-15(16-6-4-3-5-7-16)14-22-20(25)21-23-19(24-29-21)12-13-30(26,27)18-10-8-17(28-2)9-11-18/h3-11,15H,12-14H2,1-2H3,(H,22,25)/t15-/m1/s1. The Morgan fingerprint density at radius 1 is 1.13 bits per heavy atom. The third-order valence-corrected chi connectivity index (χ3v) is 6.34. The highest BCUT2D eigenvalue weighted by molar-refractivity contribution is 7.91. The van der Waals surface area contributed by atoms with Crippen molar-refractivity contribution >= 4 is 15.7 Å². The van der Waals surface area contributed by atoms with Gasteiger partial charge in [0.1, 0.15) is 5.75 Å². The summed E-state index contributed by atoms with van der Waals surface area (Å²) in [6.07, 6.45) is 0.0333. The maximum absolute atomic E-state index is 12.5. The van der Waals surface area contributed by atoms with Crippen molar-refractivity contribution in [1.29, 1.82) is 0 Å². The molecule has 8 nitrogen and oxygen atoms in total. The number of rotatable bonds is 9. The number of benzene rings is 2. The number of hydrogen-bond acceptors (Lipinski definition) is 7. The average molecular weight is 429 g/mol. The number of ether oxygens (including phenoxy) is 1. The summed E-state index contributed by atoms with van der Waals surface area (Å²) < 4.78 is 34.9. The highest BCUT2D eigenvalue weighted by Crippen LogP contribution is 2.17. The molecule has 1 N–H and O–H groups in total. The van der Waals surface area contributed by atoms with E-state index in [1.165, 1.54) is 19.2 Å². The minimum absolute atomic E-state index is 0.0333. The Bertz CT molecular complexity index is 1080. The first-order valence-corrected chi connectivity index (χ1v) is 11.1. The lowest BCUT2D eigenvalue weighted by atomic mass is 10.0. The molecule has 0 saturated carbocycles. The lowest BCUT2D eigenvalue weighted by Gasteiger charge is -2.11. The van der Waals surface area contributed by atoms with E-state index in [4.69, 9.17) is 9.26 Å². The van der Waals surface area contributed by atoms with E-state index < -0.39 is 15.7 Å². The number of carbonyl (C=O) groups excluding carboxylic acids is 1. The van der Waals surface area contributed by atoms with Crippen molar-refractivity contribution in [2.24, 2.45) is 0 Å². The number of amides is 1. The van der Waals surface area contributed by atoms with E-state index in [0.29, 0.717) is 12.3 Å². The molecule has 9 heteroatoms. The third-order valence-electron chi connectivity index (χ3n) is 4.61. The van der Waals surface area contributed by atoms with E-state index in [-0.39, 0.29) is 34.7 Å². The summed E-state index contributed by atoms with van der Waals surface area (Å²) in [5, 5.41) is 6.47. The summed E-state index contributed by atoms with van der Waals surface area (Å²) in [4.78, 5) is 16.4. The lowest BCUT2D eigenvalue weighted by Crippen LogP contribution is -2.27. The zero-order valence-electron chi connectivity index (χ0n) is 16.7. The molecule has 1 atom stereocenters. The molecule has 3 rings (SSSR count). The maximum atomic E-state index is 12.5. The van der Waals surface area contributed by atoms with Gasteiger partial charge in [0.05, 0.1) is 17.8 Å². The van der Waals surface area contributed by atoms with Gasteiger partial charge in [0, 0.05) is 13.0 Å². The van der Waals surface area contributed by atoms with Gasteiger partial charge >= 0.3 is 11.8 Å². The maximum Gasteiger partial charge on any atom is 0.315 e. The molecule has 0 aliphatic heterocycles. The topological polar surface area (TPSA) is 111 Å². The van der Waals surface area contributed by atoms with Gasteiger partial charge in [-0.15, -0.1) is 0 Å². The van der Waals surface area contributed by atoms with Gasteiger partial charge < -0.3 is 14.6 Å². The Labute approximate surface area is 175 Å². The Morgan fingerprint density at radius 2 is 1.83 bits per heavy atom. The van der Waals surface area contributed by atoms with Gasteiger partial charge in [0.15, 0.2) is 15.7 Å². The van der Waals surface area contributed by atoms with Crippen molar-refractivity contribution in [3.63, 3.8) is 0 Å². The summed E-state index contributed by atoms with van der Waals surface area (Å²) >= 11 is 0. The van der Waals surface area contributed by atoms with Crippen LogP contribution < -0.4 is 10.1 Å². The van der Waals surface area contributed by atoms with Crippen LogP contribution in [0.5, 0.6) is 5.75 Å². The summed E-state index contributed by atoms with van der Waals surface area (Å²) in [7, 11) is -2.01. The van der Waals surface area contributed by atoms with Gasteiger partial charge in [-0.1, -0.05) is 42.4 Å². The van der Waals surface area contributed by atoms with Crippen LogP contribution in [0, 0.1) is 0 Å². The normalized spacial score (nSPS) is 12.3. The molecule has 30 heavy (non-hydrogen) atoms. The van der Waals surface area contributed by atoms with Crippen LogP contribution in [0.1, 0.15) is 34.9 Å². The highest BCUT2D eigenvalue weighted by Gasteiger charge is 2.19. The number of aromatic nitrogens is 2. The second-order valence-electron chi connectivity index (χ2n) is 6.78. The van der Waals surface area contributed by atoms with Crippen LogP contribution in [0.2, 0.25) is 0 Å². The van der Waals surface area contributed by atoms with E-state index in [1.807, 2.05) is 37.3 Å². The van der Waals surface area contributed by atoms with Crippen LogP contribution in [-0.2, 0) is 16.3 Å². The number of nitrogens with one attached hydrogen (secondary N) is 1. The Morgan fingerprint density at radius 3 is 2.50 bits per heavy atom. The van der Waals surface area contributed by atoms with E-state index in [0.717, 1.165) is 5.56 Å². The van der Waals surface area contributed by atoms with E-state index >= 15 is 0 Å². The van der Waals surface area contributed by atoms with Gasteiger partial charge in [0.25, 0.3) is 0 Å². The Hall–Kier alpha value is -3.20. The number of nitrogens with zero attached hydrogens (tertiary/aromatic N) is 2. The minimum Gasteiger partial charge on any atom is -0.497 e. The molecule has 1 aromatic heterocycles. The molecular formula is C21H23N3O5S. The number of carbonyl (C=O) groups is 1. The Kier molecular flexibility index (Phi) is 6.83. The summed E-state index contributed by atoms with van der Waals surface area (Å²) in [5.41, 5.74) is 1.10. The second-order valence-corrected chi connectivity index (χ2v) is 8.89. The van der Waals surface area contributed by atoms with Gasteiger partial charge in [-0.3, -0.25) is 4.79 Å². The quantitative estimate of drug-likeness (QED) is 0.556. The van der Waals surface area contributed by atoms with Crippen molar-refractivity contribution in [2.75, 3.05) is 19.4 Å². The van der Waals surface area contributed by atoms with Crippen molar-refractivity contribution in [3.8, 4) is 5.75 Å². The number of hydrogen-bond donors (Lipinski definition) is 1. The largest absolute Gasteiger partial charge is 0.497 e. The predicted octanol–water partition coefficient (Wildman–Crippen LogP) is 2.63. The van der Waals surface area contributed by atoms with Gasteiger partial charge in [-0.05, 0) is 35.7 Å². The SMILES string of the molecule is COc1ccc(S(=O)(=O)CCc2noc(C(=O)NC[C@@H](C)c3ccccc3)n2)cc1. The van der Waals surface area contributed by atoms with Crippen molar-refractivity contribution in [3.05, 3.63) is 71.9 Å². The second kappa shape index (κ2) is 9.53. The summed E-state index contributed by atoms with van der Waals surface area (Å²) in [6, 6.07) is 15.9. The molecule has 0 bridgehead atoms. The molecule has 1 heterocycles. The molecule has 1 amide bonds. The smallest absolute Gasteiger partial charge is 0.315 e. The fraction of sp³-hybridized carbons (Fsp3) is 0.286. The van der Waals surface area contributed by atoms with Crippen molar-refractivity contribution in [1.82, 2.24) is 15.5 Å². The molecule has 0 unspecified atom stereocenters. The van der Waals surface area contributed by atoms with Gasteiger partial charge in [0.2, 0.25) is 0 Å². The summed E-state index contributed by atoms with van der Waals surface area (Å²) in [6.45, 7) is 2.41. The molecule has 0 aliphatic carbocycles. The molecule has 158 valence electrons. The lowest BCUT2D eigenvalue weighted by molar-refractivity contribution is 0.0907. The fourth-order valence-electron chi connectivity index (χ4n) is 2.80. The van der Waals surface area contributed by atoms with Crippen LogP contribution in [0.3, 0.4) is 0 Å². The van der Waals surface area contributed by atoms with E-state index in [1.54, 1.807) is 12.1 Å². The number of aryl methyl sites for hydroxylation is 1. The average Bonchev–Trinajstić information content (AvgIpc) is 3.26. The molecule has 2 aromatic carbocycles. The van der Waals surface area contributed by atoms with Crippen LogP contribution >= 0.6 is 0 Å². The van der Waals surface area contributed by atoms with E-state index in [9.17, 15) is 13.2 Å². The molecule has 0 saturated heterocycles. The molecule has 0 spiro atoms. The molecule has 0 radical (unpaired) electrons. The molecule has 3 aromatic rings. The van der Waals surface area contributed by atoms with Gasteiger partial charge in [-0.2, -0.15) is 4.98 Å². The van der Waals surface area contributed by atoms with Crippen LogP contribution in [-0.4, -0.2) is 43.9 Å². The number of methoxy groups -OCH3 is 1. The third kappa shape index (κ3) is 5.44. The first-order chi connectivity index (χ1) is 14.4. The van der Waals surface area contributed by atoms with Crippen LogP contribution in [0.15, 0.2) is 64.0 Å². The van der Waals surface area contributed by atoms with Crippen molar-refractivity contribution in [2.45, 2.75) is 24.2 Å². The fourth-order valence-corrected chi connectivity index (χ4v) is 4.03. The zero-order valence-corrected chi connectivity index (χ0v) is 17.6. The van der Waals surface area contributed by atoms with Gasteiger partial charge in [-0.25, -0.2) is 8.42 Å². The monoisotopic (exact) mass is 429 g/mol. The first kappa shape index (κ1) is 21.5. The van der Waals surface area contributed by atoms with Crippen LogP contribution in [0.4, 0.5) is 0 Å². The predicted molar refractivity (Wildman–Crippen MR) is 110 cm³/mol. The molecule has 0 aliphatic rings. The first-order valence-electron chi connectivity index (χ1n) is 9.41. The molecule has 0 fully saturated rings. The van der Waals surface area contributed by atoms with Crippen LogP contribution in [0.25, 0.3) is 0 Å². The van der Waals surface area contributed by atoms with Crippen molar-refractivity contribution < 1.29 is 22.5 Å². The highest BCUT2D eigenvalue weighted by atomic mass is 32.2. The summed E-state index contributed by atoms with van der Waals surface area (Å²) in [5.74, 6) is -0.0307. The Balaban J connectivity index is 1.54. The minimum atomic E-state index is -3.52. The molecular weight excluding hydrogens is 406 g/mol. The number of sulfone groups is 1. The van der Waals surface area contributed by atoms with E-state index in [2.05, 4.69) is 15.5 Å². The zero-order chi connectivity index (χ0) is 21.6.